The molecule has 3 N–H and O–H groups in total. The second-order valence-corrected chi connectivity index (χ2v) is 8.10. The van der Waals surface area contributed by atoms with E-state index in [4.69, 9.17) is 0 Å². The zero-order chi connectivity index (χ0) is 21.6. The number of thiophene rings is 1. The standard InChI is InChI=1S/C20H22N4O5S/c25-17(22-13-20(9-3-4-10-20)16-8-5-11-30-16)12-21-18(26)19(27)23-14-6-1-2-7-15(14)24(28)29/h1-2,5-8,11H,3-4,9-10,12-13H2,(H,21,26)(H,22,25)(H,23,27). The Morgan fingerprint density at radius 2 is 1.77 bits per heavy atom. The van der Waals surface area contributed by atoms with Crippen LogP contribution in [0.1, 0.15) is 30.6 Å². The number of benzene rings is 1. The molecule has 0 atom stereocenters. The van der Waals surface area contributed by atoms with Crippen LogP contribution in [0.4, 0.5) is 11.4 Å². The first-order valence-electron chi connectivity index (χ1n) is 9.54. The summed E-state index contributed by atoms with van der Waals surface area (Å²) in [5.74, 6) is -2.52. The number of hydrogen-bond acceptors (Lipinski definition) is 6. The van der Waals surface area contributed by atoms with Gasteiger partial charge in [-0.3, -0.25) is 24.5 Å². The van der Waals surface area contributed by atoms with E-state index in [1.165, 1.54) is 29.1 Å². The molecule has 0 radical (unpaired) electrons. The molecule has 1 aromatic carbocycles. The van der Waals surface area contributed by atoms with E-state index in [1.807, 2.05) is 11.4 Å². The number of carbonyl (C=O) groups excluding carboxylic acids is 3. The molecule has 9 nitrogen and oxygen atoms in total. The lowest BCUT2D eigenvalue weighted by atomic mass is 9.84. The van der Waals surface area contributed by atoms with E-state index in [0.29, 0.717) is 6.54 Å². The fraction of sp³-hybridized carbons (Fsp3) is 0.350. The number of nitro groups is 1. The Kier molecular flexibility index (Phi) is 6.78. The molecule has 0 spiro atoms. The third kappa shape index (κ3) is 5.01. The van der Waals surface area contributed by atoms with Gasteiger partial charge in [0, 0.05) is 22.9 Å². The highest BCUT2D eigenvalue weighted by Gasteiger charge is 2.36. The molecule has 1 aliphatic carbocycles. The van der Waals surface area contributed by atoms with Crippen molar-refractivity contribution in [3.05, 3.63) is 56.8 Å². The average molecular weight is 430 g/mol. The van der Waals surface area contributed by atoms with Gasteiger partial charge in [-0.25, -0.2) is 0 Å². The first kappa shape index (κ1) is 21.4. The van der Waals surface area contributed by atoms with Crippen molar-refractivity contribution in [1.29, 1.82) is 0 Å². The number of para-hydroxylation sites is 2. The van der Waals surface area contributed by atoms with Gasteiger partial charge in [-0.2, -0.15) is 0 Å². The summed E-state index contributed by atoms with van der Waals surface area (Å²) in [5.41, 5.74) is -0.490. The number of amides is 3. The number of rotatable bonds is 7. The highest BCUT2D eigenvalue weighted by atomic mass is 32.1. The highest BCUT2D eigenvalue weighted by Crippen LogP contribution is 2.42. The zero-order valence-corrected chi connectivity index (χ0v) is 17.0. The lowest BCUT2D eigenvalue weighted by Crippen LogP contribution is -2.45. The van der Waals surface area contributed by atoms with E-state index in [-0.39, 0.29) is 23.3 Å². The van der Waals surface area contributed by atoms with Gasteiger partial charge in [0.1, 0.15) is 5.69 Å². The molecule has 0 aliphatic heterocycles. The number of nitrogens with zero attached hydrogens (tertiary/aromatic N) is 1. The maximum atomic E-state index is 12.2. The highest BCUT2D eigenvalue weighted by molar-refractivity contribution is 7.10. The van der Waals surface area contributed by atoms with Gasteiger partial charge in [0.25, 0.3) is 5.69 Å². The molecular weight excluding hydrogens is 408 g/mol. The van der Waals surface area contributed by atoms with Crippen LogP contribution in [0.15, 0.2) is 41.8 Å². The zero-order valence-electron chi connectivity index (χ0n) is 16.2. The van der Waals surface area contributed by atoms with Crippen LogP contribution >= 0.6 is 11.3 Å². The van der Waals surface area contributed by atoms with Crippen molar-refractivity contribution < 1.29 is 19.3 Å². The first-order chi connectivity index (χ1) is 14.4. The van der Waals surface area contributed by atoms with Crippen LogP contribution in [-0.2, 0) is 19.8 Å². The summed E-state index contributed by atoms with van der Waals surface area (Å²) in [7, 11) is 0. The van der Waals surface area contributed by atoms with Gasteiger partial charge >= 0.3 is 11.8 Å². The summed E-state index contributed by atoms with van der Waals surface area (Å²) < 4.78 is 0. The van der Waals surface area contributed by atoms with Crippen molar-refractivity contribution in [1.82, 2.24) is 10.6 Å². The fourth-order valence-electron chi connectivity index (χ4n) is 3.63. The second-order valence-electron chi connectivity index (χ2n) is 7.15. The molecule has 158 valence electrons. The van der Waals surface area contributed by atoms with E-state index < -0.39 is 22.6 Å². The summed E-state index contributed by atoms with van der Waals surface area (Å²) in [6.45, 7) is 0.119. The smallest absolute Gasteiger partial charge is 0.313 e. The van der Waals surface area contributed by atoms with Crippen molar-refractivity contribution in [3.63, 3.8) is 0 Å². The molecule has 1 aliphatic rings. The van der Waals surface area contributed by atoms with Crippen LogP contribution in [0.3, 0.4) is 0 Å². The van der Waals surface area contributed by atoms with Gasteiger partial charge in [-0.1, -0.05) is 31.0 Å². The molecule has 3 rings (SSSR count). The van der Waals surface area contributed by atoms with Gasteiger partial charge < -0.3 is 16.0 Å². The van der Waals surface area contributed by atoms with Crippen LogP contribution < -0.4 is 16.0 Å². The Labute approximate surface area is 177 Å². The Morgan fingerprint density at radius 3 is 2.43 bits per heavy atom. The van der Waals surface area contributed by atoms with Crippen molar-refractivity contribution >= 4 is 40.4 Å². The van der Waals surface area contributed by atoms with Crippen LogP contribution in [0, 0.1) is 10.1 Å². The summed E-state index contributed by atoms with van der Waals surface area (Å²) in [6.07, 6.45) is 4.21. The first-order valence-corrected chi connectivity index (χ1v) is 10.4. The topological polar surface area (TPSA) is 130 Å². The maximum Gasteiger partial charge on any atom is 0.313 e. The second kappa shape index (κ2) is 9.49. The van der Waals surface area contributed by atoms with E-state index in [1.54, 1.807) is 11.3 Å². The number of nitrogens with one attached hydrogen (secondary N) is 3. The van der Waals surface area contributed by atoms with E-state index >= 15 is 0 Å². The number of hydrogen-bond donors (Lipinski definition) is 3. The van der Waals surface area contributed by atoms with Crippen LogP contribution in [-0.4, -0.2) is 35.7 Å². The third-order valence-corrected chi connectivity index (χ3v) is 6.31. The predicted octanol–water partition coefficient (Wildman–Crippen LogP) is 2.34. The van der Waals surface area contributed by atoms with Crippen molar-refractivity contribution in [2.24, 2.45) is 0 Å². The molecule has 3 amide bonds. The molecule has 1 saturated carbocycles. The minimum atomic E-state index is -1.08. The quantitative estimate of drug-likeness (QED) is 0.353. The maximum absolute atomic E-state index is 12.2. The summed E-state index contributed by atoms with van der Waals surface area (Å²) in [4.78, 5) is 47.7. The van der Waals surface area contributed by atoms with Crippen LogP contribution in [0.25, 0.3) is 0 Å². The molecular formula is C20H22N4O5S. The Hall–Kier alpha value is -3.27. The monoisotopic (exact) mass is 430 g/mol. The predicted molar refractivity (Wildman–Crippen MR) is 112 cm³/mol. The molecule has 10 heteroatoms. The van der Waals surface area contributed by atoms with Crippen molar-refractivity contribution in [2.45, 2.75) is 31.1 Å². The van der Waals surface area contributed by atoms with Gasteiger partial charge in [0.2, 0.25) is 5.91 Å². The summed E-state index contributed by atoms with van der Waals surface area (Å²) in [6, 6.07) is 9.57. The molecule has 30 heavy (non-hydrogen) atoms. The molecule has 0 saturated heterocycles. The van der Waals surface area contributed by atoms with Gasteiger partial charge in [0.15, 0.2) is 0 Å². The van der Waals surface area contributed by atoms with E-state index in [9.17, 15) is 24.5 Å². The molecule has 1 aromatic heterocycles. The van der Waals surface area contributed by atoms with Crippen molar-refractivity contribution in [2.75, 3.05) is 18.4 Å². The molecule has 2 aromatic rings. The summed E-state index contributed by atoms with van der Waals surface area (Å²) in [5, 5.41) is 20.3. The molecule has 1 heterocycles. The largest absolute Gasteiger partial charge is 0.354 e. The molecule has 0 bridgehead atoms. The SMILES string of the molecule is O=C(CNC(=O)C(=O)Nc1ccccc1[N+](=O)[O-])NCC1(c2cccs2)CCCC1. The van der Waals surface area contributed by atoms with Crippen LogP contribution in [0.2, 0.25) is 0 Å². The minimum Gasteiger partial charge on any atom is -0.354 e. The fourth-order valence-corrected chi connectivity index (χ4v) is 4.62. The minimum absolute atomic E-state index is 0.0720. The van der Waals surface area contributed by atoms with Gasteiger partial charge in [0.05, 0.1) is 11.5 Å². The lowest BCUT2D eigenvalue weighted by molar-refractivity contribution is -0.383. The summed E-state index contributed by atoms with van der Waals surface area (Å²) >= 11 is 1.67. The number of carbonyl (C=O) groups is 3. The Morgan fingerprint density at radius 1 is 1.03 bits per heavy atom. The van der Waals surface area contributed by atoms with Gasteiger partial charge in [-0.15, -0.1) is 11.3 Å². The van der Waals surface area contributed by atoms with Crippen LogP contribution in [0.5, 0.6) is 0 Å². The Balaban J connectivity index is 1.49. The molecule has 1 fully saturated rings. The normalized spacial score (nSPS) is 14.7. The van der Waals surface area contributed by atoms with E-state index in [0.717, 1.165) is 25.7 Å². The lowest BCUT2D eigenvalue weighted by Gasteiger charge is -2.28. The average Bonchev–Trinajstić information content (AvgIpc) is 3.43. The molecule has 0 unspecified atom stereocenters. The number of nitro benzene ring substituents is 1. The van der Waals surface area contributed by atoms with Gasteiger partial charge in [-0.05, 0) is 30.4 Å². The third-order valence-electron chi connectivity index (χ3n) is 5.19. The number of anilines is 1. The Bertz CT molecular complexity index is 938. The van der Waals surface area contributed by atoms with Crippen molar-refractivity contribution in [3.8, 4) is 0 Å². The van der Waals surface area contributed by atoms with E-state index in [2.05, 4.69) is 22.0 Å².